The van der Waals surface area contributed by atoms with Gasteiger partial charge < -0.3 is 15.2 Å². The second-order valence-corrected chi connectivity index (χ2v) is 5.32. The number of nitrogens with two attached hydrogens (primary N) is 1. The maximum absolute atomic E-state index is 6.53. The van der Waals surface area contributed by atoms with Crippen molar-refractivity contribution in [3.8, 4) is 5.75 Å². The number of benzene rings is 1. The highest BCUT2D eigenvalue weighted by molar-refractivity contribution is 5.38. The van der Waals surface area contributed by atoms with Crippen LogP contribution in [-0.4, -0.2) is 25.9 Å². The molecular formula is C15H23NO2. The number of methoxy groups -OCH3 is 1. The maximum Gasteiger partial charge on any atom is 0.122 e. The highest BCUT2D eigenvalue weighted by Gasteiger charge is 2.28. The fraction of sp³-hybridized carbons (Fsp3) is 0.600. The fourth-order valence-corrected chi connectivity index (χ4v) is 2.63. The number of hydrogen-bond acceptors (Lipinski definition) is 3. The molecule has 1 aliphatic heterocycles. The average molecular weight is 249 g/mol. The Morgan fingerprint density at radius 2 is 2.17 bits per heavy atom. The van der Waals surface area contributed by atoms with E-state index in [4.69, 9.17) is 15.2 Å². The first-order chi connectivity index (χ1) is 8.63. The molecule has 1 saturated heterocycles. The molecule has 0 bridgehead atoms. The molecule has 1 unspecified atom stereocenters. The van der Waals surface area contributed by atoms with E-state index in [0.29, 0.717) is 0 Å². The first kappa shape index (κ1) is 13.4. The van der Waals surface area contributed by atoms with Crippen molar-refractivity contribution in [1.82, 2.24) is 0 Å². The fourth-order valence-electron chi connectivity index (χ4n) is 2.63. The Morgan fingerprint density at radius 1 is 1.33 bits per heavy atom. The van der Waals surface area contributed by atoms with Crippen molar-refractivity contribution < 1.29 is 9.47 Å². The third-order valence-corrected chi connectivity index (χ3v) is 3.69. The Morgan fingerprint density at radius 3 is 2.94 bits per heavy atom. The molecule has 0 aromatic heterocycles. The first-order valence-electron chi connectivity index (χ1n) is 6.63. The van der Waals surface area contributed by atoms with Gasteiger partial charge in [0.05, 0.1) is 7.11 Å². The van der Waals surface area contributed by atoms with Crippen molar-refractivity contribution in [3.63, 3.8) is 0 Å². The maximum atomic E-state index is 6.53. The predicted octanol–water partition coefficient (Wildman–Crippen LogP) is 2.44. The van der Waals surface area contributed by atoms with Gasteiger partial charge >= 0.3 is 0 Å². The van der Waals surface area contributed by atoms with Gasteiger partial charge in [-0.3, -0.25) is 0 Å². The van der Waals surface area contributed by atoms with Gasteiger partial charge in [0.1, 0.15) is 5.75 Å². The predicted molar refractivity (Wildman–Crippen MR) is 73.0 cm³/mol. The van der Waals surface area contributed by atoms with E-state index in [1.165, 1.54) is 11.1 Å². The minimum Gasteiger partial charge on any atom is -0.496 e. The number of aryl methyl sites for hydroxylation is 1. The summed E-state index contributed by atoms with van der Waals surface area (Å²) in [5.41, 5.74) is 8.83. The molecule has 0 aliphatic carbocycles. The zero-order valence-electron chi connectivity index (χ0n) is 11.4. The molecule has 1 aliphatic rings. The Balaban J connectivity index is 2.18. The third kappa shape index (κ3) is 3.24. The van der Waals surface area contributed by atoms with Gasteiger partial charge in [-0.05, 0) is 44.2 Å². The minimum absolute atomic E-state index is 0.155. The number of ether oxygens (including phenoxy) is 2. The van der Waals surface area contributed by atoms with Gasteiger partial charge in [-0.15, -0.1) is 0 Å². The summed E-state index contributed by atoms with van der Waals surface area (Å²) in [6, 6.07) is 6.28. The molecule has 0 saturated carbocycles. The highest BCUT2D eigenvalue weighted by Crippen LogP contribution is 2.28. The van der Waals surface area contributed by atoms with Crippen LogP contribution in [0.5, 0.6) is 5.75 Å². The molecule has 2 rings (SSSR count). The van der Waals surface area contributed by atoms with Crippen LogP contribution in [0.2, 0.25) is 0 Å². The number of hydrogen-bond donors (Lipinski definition) is 1. The number of rotatable bonds is 3. The normalized spacial score (nSPS) is 24.6. The average Bonchev–Trinajstić information content (AvgIpc) is 2.54. The summed E-state index contributed by atoms with van der Waals surface area (Å²) >= 11 is 0. The van der Waals surface area contributed by atoms with Crippen molar-refractivity contribution in [3.05, 3.63) is 29.3 Å². The summed E-state index contributed by atoms with van der Waals surface area (Å²) in [5, 5.41) is 0. The molecule has 0 radical (unpaired) electrons. The van der Waals surface area contributed by atoms with Crippen LogP contribution in [-0.2, 0) is 11.2 Å². The van der Waals surface area contributed by atoms with Crippen LogP contribution in [0, 0.1) is 6.92 Å². The molecule has 0 amide bonds. The molecule has 3 heteroatoms. The van der Waals surface area contributed by atoms with Gasteiger partial charge in [-0.25, -0.2) is 0 Å². The Bertz CT molecular complexity index is 395. The Hall–Kier alpha value is -1.06. The summed E-state index contributed by atoms with van der Waals surface area (Å²) in [4.78, 5) is 0. The molecular weight excluding hydrogens is 226 g/mol. The van der Waals surface area contributed by atoms with Crippen LogP contribution < -0.4 is 10.5 Å². The van der Waals surface area contributed by atoms with Crippen LogP contribution in [0.4, 0.5) is 0 Å². The van der Waals surface area contributed by atoms with Crippen molar-refractivity contribution in [2.75, 3.05) is 20.3 Å². The van der Waals surface area contributed by atoms with E-state index >= 15 is 0 Å². The van der Waals surface area contributed by atoms with E-state index in [1.54, 1.807) is 7.11 Å². The lowest BCUT2D eigenvalue weighted by Gasteiger charge is -2.28. The third-order valence-electron chi connectivity index (χ3n) is 3.69. The second kappa shape index (κ2) is 5.72. The van der Waals surface area contributed by atoms with Crippen molar-refractivity contribution in [2.24, 2.45) is 5.73 Å². The van der Waals surface area contributed by atoms with Crippen LogP contribution in [0.25, 0.3) is 0 Å². The van der Waals surface area contributed by atoms with Gasteiger partial charge in [-0.1, -0.05) is 17.7 Å². The first-order valence-corrected chi connectivity index (χ1v) is 6.63. The van der Waals surface area contributed by atoms with Gasteiger partial charge in [0.2, 0.25) is 0 Å². The second-order valence-electron chi connectivity index (χ2n) is 5.32. The van der Waals surface area contributed by atoms with Gasteiger partial charge in [-0.2, -0.15) is 0 Å². The minimum atomic E-state index is -0.155. The SMILES string of the molecule is COc1ccc(C)cc1CC1(N)CCCOCC1. The molecule has 1 aromatic rings. The highest BCUT2D eigenvalue weighted by atomic mass is 16.5. The molecule has 1 aromatic carbocycles. The van der Waals surface area contributed by atoms with Gasteiger partial charge in [0, 0.05) is 18.8 Å². The Kier molecular flexibility index (Phi) is 4.25. The lowest BCUT2D eigenvalue weighted by atomic mass is 9.84. The topological polar surface area (TPSA) is 44.5 Å². The molecule has 1 fully saturated rings. The Labute approximate surface area is 109 Å². The van der Waals surface area contributed by atoms with E-state index in [-0.39, 0.29) is 5.54 Å². The van der Waals surface area contributed by atoms with Crippen LogP contribution in [0.15, 0.2) is 18.2 Å². The van der Waals surface area contributed by atoms with Crippen molar-refractivity contribution in [2.45, 2.75) is 38.1 Å². The largest absolute Gasteiger partial charge is 0.496 e. The summed E-state index contributed by atoms with van der Waals surface area (Å²) < 4.78 is 10.9. The van der Waals surface area contributed by atoms with E-state index in [1.807, 2.05) is 6.07 Å². The molecule has 1 atom stereocenters. The molecule has 3 nitrogen and oxygen atoms in total. The van der Waals surface area contributed by atoms with Gasteiger partial charge in [0.25, 0.3) is 0 Å². The smallest absolute Gasteiger partial charge is 0.122 e. The van der Waals surface area contributed by atoms with E-state index in [2.05, 4.69) is 19.1 Å². The van der Waals surface area contributed by atoms with Crippen LogP contribution in [0.1, 0.15) is 30.4 Å². The van der Waals surface area contributed by atoms with Gasteiger partial charge in [0.15, 0.2) is 0 Å². The molecule has 18 heavy (non-hydrogen) atoms. The molecule has 1 heterocycles. The summed E-state index contributed by atoms with van der Waals surface area (Å²) in [7, 11) is 1.72. The molecule has 2 N–H and O–H groups in total. The summed E-state index contributed by atoms with van der Waals surface area (Å²) in [6.45, 7) is 3.71. The lowest BCUT2D eigenvalue weighted by molar-refractivity contribution is 0.139. The summed E-state index contributed by atoms with van der Waals surface area (Å²) in [5.74, 6) is 0.940. The van der Waals surface area contributed by atoms with E-state index < -0.39 is 0 Å². The van der Waals surface area contributed by atoms with Crippen molar-refractivity contribution in [1.29, 1.82) is 0 Å². The van der Waals surface area contributed by atoms with Crippen molar-refractivity contribution >= 4 is 0 Å². The zero-order valence-corrected chi connectivity index (χ0v) is 11.4. The summed E-state index contributed by atoms with van der Waals surface area (Å²) in [6.07, 6.45) is 3.85. The molecule has 0 spiro atoms. The standard InChI is InChI=1S/C15H23NO2/c1-12-4-5-14(17-2)13(10-12)11-15(16)6-3-8-18-9-7-15/h4-5,10H,3,6-9,11,16H2,1-2H3. The van der Waals surface area contributed by atoms with E-state index in [9.17, 15) is 0 Å². The monoisotopic (exact) mass is 249 g/mol. The quantitative estimate of drug-likeness (QED) is 0.895. The zero-order chi connectivity index (χ0) is 13.0. The lowest BCUT2D eigenvalue weighted by Crippen LogP contribution is -2.42. The van der Waals surface area contributed by atoms with Crippen LogP contribution >= 0.6 is 0 Å². The van der Waals surface area contributed by atoms with E-state index in [0.717, 1.165) is 44.6 Å². The molecule has 100 valence electrons. The van der Waals surface area contributed by atoms with Crippen LogP contribution in [0.3, 0.4) is 0 Å².